The number of nitrogens with one attached hydrogen (secondary N) is 1. The average molecular weight is 431 g/mol. The van der Waals surface area contributed by atoms with Crippen LogP contribution in [0.25, 0.3) is 10.8 Å². The van der Waals surface area contributed by atoms with Gasteiger partial charge in [-0.1, -0.05) is 56.2 Å². The van der Waals surface area contributed by atoms with Gasteiger partial charge in [0.1, 0.15) is 5.82 Å². The van der Waals surface area contributed by atoms with E-state index in [4.69, 9.17) is 0 Å². The smallest absolute Gasteiger partial charge is 0.254 e. The Kier molecular flexibility index (Phi) is 7.00. The fourth-order valence-corrected chi connectivity index (χ4v) is 4.11. The molecule has 2 aromatic carbocycles. The number of hydrogen-bond acceptors (Lipinski definition) is 4. The Bertz CT molecular complexity index is 1070. The van der Waals surface area contributed by atoms with E-state index in [1.165, 1.54) is 0 Å². The number of hydrogen-bond donors (Lipinski definition) is 1. The van der Waals surface area contributed by atoms with Gasteiger partial charge < -0.3 is 15.1 Å². The lowest BCUT2D eigenvalue weighted by molar-refractivity contribution is 0.0748. The van der Waals surface area contributed by atoms with Crippen LogP contribution in [0.15, 0.2) is 60.8 Å². The fourth-order valence-electron chi connectivity index (χ4n) is 4.11. The Morgan fingerprint density at radius 3 is 2.47 bits per heavy atom. The third-order valence-corrected chi connectivity index (χ3v) is 5.99. The second-order valence-corrected chi connectivity index (χ2v) is 8.17. The monoisotopic (exact) mass is 430 g/mol. The maximum absolute atomic E-state index is 13.2. The van der Waals surface area contributed by atoms with Gasteiger partial charge in [0.15, 0.2) is 0 Å². The molecular weight excluding hydrogens is 400 g/mol. The number of aromatic nitrogens is 1. The molecule has 0 bridgehead atoms. The summed E-state index contributed by atoms with van der Waals surface area (Å²) in [5, 5.41) is 5.02. The zero-order chi connectivity index (χ0) is 22.3. The summed E-state index contributed by atoms with van der Waals surface area (Å²) in [7, 11) is 0. The summed E-state index contributed by atoms with van der Waals surface area (Å²) in [6, 6.07) is 17.6. The van der Waals surface area contributed by atoms with Crippen LogP contribution < -0.4 is 10.2 Å². The molecule has 6 heteroatoms. The number of unbranched alkanes of at least 4 members (excludes halogenated alkanes) is 2. The van der Waals surface area contributed by atoms with Crippen LogP contribution in [-0.4, -0.2) is 54.4 Å². The lowest BCUT2D eigenvalue weighted by Gasteiger charge is -2.35. The third-order valence-electron chi connectivity index (χ3n) is 5.99. The van der Waals surface area contributed by atoms with Crippen molar-refractivity contribution in [1.29, 1.82) is 0 Å². The van der Waals surface area contributed by atoms with Crippen molar-refractivity contribution in [2.45, 2.75) is 26.2 Å². The lowest BCUT2D eigenvalue weighted by Crippen LogP contribution is -2.49. The minimum Gasteiger partial charge on any atom is -0.353 e. The Morgan fingerprint density at radius 2 is 1.72 bits per heavy atom. The summed E-state index contributed by atoms with van der Waals surface area (Å²) in [6.45, 7) is 5.55. The van der Waals surface area contributed by atoms with Crippen molar-refractivity contribution >= 4 is 28.4 Å². The van der Waals surface area contributed by atoms with Gasteiger partial charge in [0.05, 0.1) is 5.56 Å². The van der Waals surface area contributed by atoms with Gasteiger partial charge in [-0.05, 0) is 35.4 Å². The summed E-state index contributed by atoms with van der Waals surface area (Å²) >= 11 is 0. The zero-order valence-corrected chi connectivity index (χ0v) is 18.6. The molecule has 0 spiro atoms. The van der Waals surface area contributed by atoms with Crippen LogP contribution in [0.5, 0.6) is 0 Å². The van der Waals surface area contributed by atoms with E-state index in [0.29, 0.717) is 38.3 Å². The Hall–Kier alpha value is -3.41. The van der Waals surface area contributed by atoms with Gasteiger partial charge in [-0.2, -0.15) is 0 Å². The predicted octanol–water partition coefficient (Wildman–Crippen LogP) is 4.12. The van der Waals surface area contributed by atoms with Crippen LogP contribution >= 0.6 is 0 Å². The highest BCUT2D eigenvalue weighted by atomic mass is 16.2. The number of amides is 2. The summed E-state index contributed by atoms with van der Waals surface area (Å²) < 4.78 is 0. The number of pyridine rings is 1. The van der Waals surface area contributed by atoms with E-state index in [1.54, 1.807) is 6.20 Å². The molecule has 2 heterocycles. The van der Waals surface area contributed by atoms with Gasteiger partial charge >= 0.3 is 0 Å². The normalized spacial score (nSPS) is 13.9. The van der Waals surface area contributed by atoms with Crippen molar-refractivity contribution in [3.8, 4) is 0 Å². The molecule has 166 valence electrons. The minimum absolute atomic E-state index is 0.0736. The second-order valence-electron chi connectivity index (χ2n) is 8.17. The first-order chi connectivity index (χ1) is 15.7. The van der Waals surface area contributed by atoms with Crippen LogP contribution in [0.4, 0.5) is 5.82 Å². The molecule has 4 rings (SSSR count). The topological polar surface area (TPSA) is 65.5 Å². The number of rotatable bonds is 7. The molecule has 0 unspecified atom stereocenters. The highest BCUT2D eigenvalue weighted by molar-refractivity contribution is 6.07. The van der Waals surface area contributed by atoms with Crippen LogP contribution in [0.1, 0.15) is 46.9 Å². The predicted molar refractivity (Wildman–Crippen MR) is 128 cm³/mol. The highest BCUT2D eigenvalue weighted by Crippen LogP contribution is 2.21. The van der Waals surface area contributed by atoms with E-state index in [-0.39, 0.29) is 11.8 Å². The van der Waals surface area contributed by atoms with Gasteiger partial charge in [0, 0.05) is 44.5 Å². The van der Waals surface area contributed by atoms with E-state index < -0.39 is 0 Å². The van der Waals surface area contributed by atoms with E-state index in [9.17, 15) is 9.59 Å². The molecule has 1 aromatic heterocycles. The molecule has 2 amide bonds. The standard InChI is InChI=1S/C26H30N4O2/c1-2-3-6-14-27-25(31)21-12-13-24(28-19-21)29-15-17-30(18-16-29)26(32)23-11-7-9-20-8-4-5-10-22(20)23/h4-5,7-13,19H,2-3,6,14-18H2,1H3,(H,27,31). The summed E-state index contributed by atoms with van der Waals surface area (Å²) in [4.78, 5) is 34.0. The van der Waals surface area contributed by atoms with Crippen molar-refractivity contribution in [3.05, 3.63) is 71.9 Å². The lowest BCUT2D eigenvalue weighted by atomic mass is 10.0. The molecule has 0 radical (unpaired) electrons. The molecule has 0 saturated carbocycles. The molecule has 1 aliphatic rings. The molecule has 3 aromatic rings. The van der Waals surface area contributed by atoms with E-state index in [1.807, 2.05) is 59.5 Å². The van der Waals surface area contributed by atoms with E-state index >= 15 is 0 Å². The molecule has 32 heavy (non-hydrogen) atoms. The molecule has 1 aliphatic heterocycles. The molecule has 0 aliphatic carbocycles. The Labute approximate surface area is 189 Å². The van der Waals surface area contributed by atoms with Crippen LogP contribution in [-0.2, 0) is 0 Å². The van der Waals surface area contributed by atoms with Crippen molar-refractivity contribution in [2.24, 2.45) is 0 Å². The second kappa shape index (κ2) is 10.3. The zero-order valence-electron chi connectivity index (χ0n) is 18.6. The minimum atomic E-state index is -0.0781. The maximum Gasteiger partial charge on any atom is 0.254 e. The van der Waals surface area contributed by atoms with Crippen molar-refractivity contribution < 1.29 is 9.59 Å². The van der Waals surface area contributed by atoms with E-state index in [2.05, 4.69) is 22.1 Å². The fraction of sp³-hybridized carbons (Fsp3) is 0.346. The summed E-state index contributed by atoms with van der Waals surface area (Å²) in [5.74, 6) is 0.833. The number of fused-ring (bicyclic) bond motifs is 1. The van der Waals surface area contributed by atoms with Crippen molar-refractivity contribution in [3.63, 3.8) is 0 Å². The van der Waals surface area contributed by atoms with Crippen molar-refractivity contribution in [1.82, 2.24) is 15.2 Å². The van der Waals surface area contributed by atoms with Gasteiger partial charge in [0.25, 0.3) is 11.8 Å². The first-order valence-corrected chi connectivity index (χ1v) is 11.4. The molecule has 6 nitrogen and oxygen atoms in total. The molecule has 1 saturated heterocycles. The van der Waals surface area contributed by atoms with Gasteiger partial charge in [-0.15, -0.1) is 0 Å². The number of carbonyl (C=O) groups excluding carboxylic acids is 2. The van der Waals surface area contributed by atoms with E-state index in [0.717, 1.165) is 41.4 Å². The van der Waals surface area contributed by atoms with Gasteiger partial charge in [-0.25, -0.2) is 4.98 Å². The number of nitrogens with zero attached hydrogens (tertiary/aromatic N) is 3. The molecular formula is C26H30N4O2. The SMILES string of the molecule is CCCCCNC(=O)c1ccc(N2CCN(C(=O)c3cccc4ccccc34)CC2)nc1. The van der Waals surface area contributed by atoms with Crippen molar-refractivity contribution in [2.75, 3.05) is 37.6 Å². The number of carbonyl (C=O) groups is 2. The van der Waals surface area contributed by atoms with Crippen LogP contribution in [0.3, 0.4) is 0 Å². The Balaban J connectivity index is 1.34. The molecule has 0 atom stereocenters. The summed E-state index contributed by atoms with van der Waals surface area (Å²) in [6.07, 6.45) is 4.88. The number of anilines is 1. The molecule has 1 N–H and O–H groups in total. The average Bonchev–Trinajstić information content (AvgIpc) is 2.86. The molecule has 1 fully saturated rings. The first-order valence-electron chi connectivity index (χ1n) is 11.4. The van der Waals surface area contributed by atoms with Crippen LogP contribution in [0, 0.1) is 0 Å². The first kappa shape index (κ1) is 21.8. The van der Waals surface area contributed by atoms with Crippen LogP contribution in [0.2, 0.25) is 0 Å². The number of piperazine rings is 1. The summed E-state index contributed by atoms with van der Waals surface area (Å²) in [5.41, 5.74) is 1.33. The third kappa shape index (κ3) is 4.90. The van der Waals surface area contributed by atoms with Gasteiger partial charge in [-0.3, -0.25) is 9.59 Å². The largest absolute Gasteiger partial charge is 0.353 e. The quantitative estimate of drug-likeness (QED) is 0.573. The number of benzene rings is 2. The Morgan fingerprint density at radius 1 is 0.938 bits per heavy atom. The maximum atomic E-state index is 13.2. The highest BCUT2D eigenvalue weighted by Gasteiger charge is 2.24. The van der Waals surface area contributed by atoms with Gasteiger partial charge in [0.2, 0.25) is 0 Å².